The first-order chi connectivity index (χ1) is 16.1. The molecule has 0 bridgehead atoms. The Morgan fingerprint density at radius 2 is 1.82 bits per heavy atom. The Kier molecular flexibility index (Phi) is 6.37. The maximum atomic E-state index is 9.82. The molecule has 8 heteroatoms. The molecule has 1 fully saturated rings. The van der Waals surface area contributed by atoms with Crippen molar-refractivity contribution in [2.45, 2.75) is 44.2 Å². The molecule has 3 N–H and O–H groups in total. The largest absolute Gasteiger partial charge is 0.497 e. The fourth-order valence-electron chi connectivity index (χ4n) is 4.12. The number of fused-ring (bicyclic) bond motifs is 1. The molecule has 1 aliphatic carbocycles. The van der Waals surface area contributed by atoms with Crippen LogP contribution in [-0.4, -0.2) is 39.3 Å². The number of methoxy groups -OCH3 is 1. The van der Waals surface area contributed by atoms with E-state index in [1.54, 1.807) is 18.4 Å². The number of hydrogen-bond acceptors (Lipinski definition) is 8. The molecular weight excluding hydrogens is 434 g/mol. The van der Waals surface area contributed by atoms with Gasteiger partial charge in [0.25, 0.3) is 0 Å². The van der Waals surface area contributed by atoms with Crippen LogP contribution in [0.2, 0.25) is 0 Å². The van der Waals surface area contributed by atoms with Crippen molar-refractivity contribution in [2.24, 2.45) is 0 Å². The monoisotopic (exact) mass is 461 g/mol. The second-order valence-corrected chi connectivity index (χ2v) is 9.39. The second kappa shape index (κ2) is 9.72. The van der Waals surface area contributed by atoms with Gasteiger partial charge < -0.3 is 20.5 Å². The number of aliphatic hydroxyl groups is 1. The fraction of sp³-hybridized carbons (Fsp3) is 0.320. The summed E-state index contributed by atoms with van der Waals surface area (Å²) in [4.78, 5) is 14.2. The Morgan fingerprint density at radius 3 is 2.61 bits per heavy atom. The van der Waals surface area contributed by atoms with Gasteiger partial charge in [-0.05, 0) is 49.4 Å². The third-order valence-corrected chi connectivity index (χ3v) is 6.80. The lowest BCUT2D eigenvalue weighted by Crippen LogP contribution is -2.29. The predicted octanol–water partition coefficient (Wildman–Crippen LogP) is 5.14. The number of benzene rings is 2. The van der Waals surface area contributed by atoms with Crippen LogP contribution in [0.1, 0.15) is 36.9 Å². The van der Waals surface area contributed by atoms with Crippen LogP contribution in [0.25, 0.3) is 10.2 Å². The molecule has 5 rings (SSSR count). The van der Waals surface area contributed by atoms with Crippen molar-refractivity contribution in [1.82, 2.24) is 15.0 Å². The molecule has 2 aromatic heterocycles. The summed E-state index contributed by atoms with van der Waals surface area (Å²) in [5.74, 6) is 2.13. The van der Waals surface area contributed by atoms with Crippen LogP contribution in [0.5, 0.6) is 5.75 Å². The number of nitrogens with zero attached hydrogens (tertiary/aromatic N) is 3. The molecule has 0 aliphatic heterocycles. The highest BCUT2D eigenvalue weighted by Gasteiger charge is 2.20. The van der Waals surface area contributed by atoms with Crippen LogP contribution >= 0.6 is 11.3 Å². The van der Waals surface area contributed by atoms with E-state index >= 15 is 0 Å². The average Bonchev–Trinajstić information content (AvgIpc) is 3.22. The summed E-state index contributed by atoms with van der Waals surface area (Å²) >= 11 is 1.56. The van der Waals surface area contributed by atoms with Crippen LogP contribution in [0.4, 0.5) is 16.9 Å². The number of thiazole rings is 1. The summed E-state index contributed by atoms with van der Waals surface area (Å²) in [6, 6.07) is 18.4. The van der Waals surface area contributed by atoms with Gasteiger partial charge in [0.05, 0.1) is 29.1 Å². The summed E-state index contributed by atoms with van der Waals surface area (Å²) in [5.41, 5.74) is 3.04. The van der Waals surface area contributed by atoms with E-state index in [2.05, 4.69) is 22.8 Å². The summed E-state index contributed by atoms with van der Waals surface area (Å²) in [7, 11) is 1.66. The first-order valence-corrected chi connectivity index (χ1v) is 12.0. The normalized spacial score (nSPS) is 18.2. The van der Waals surface area contributed by atoms with Gasteiger partial charge in [0, 0.05) is 18.5 Å². The molecular formula is C25H27N5O2S. The van der Waals surface area contributed by atoms with Crippen LogP contribution < -0.4 is 15.4 Å². The molecule has 7 nitrogen and oxygen atoms in total. The van der Waals surface area contributed by atoms with Crippen LogP contribution in [0.3, 0.4) is 0 Å². The number of nitrogens with one attached hydrogen (secondary N) is 2. The predicted molar refractivity (Wildman–Crippen MR) is 133 cm³/mol. The standard InChI is InChI=1S/C25H27N5O2S/c1-32-20-11-12-21-22(15-20)33-25(28-21)30-23-14-18(13-16-5-3-2-4-6-16)27-24(29-23)26-17-7-9-19(31)10-8-17/h2-6,11-12,14-15,17,19,31H,7-10,13H2,1H3,(H2,26,27,28,29,30). The first-order valence-electron chi connectivity index (χ1n) is 11.2. The summed E-state index contributed by atoms with van der Waals surface area (Å²) < 4.78 is 6.38. The number of rotatable bonds is 7. The molecule has 2 heterocycles. The van der Waals surface area contributed by atoms with Crippen molar-refractivity contribution in [1.29, 1.82) is 0 Å². The molecule has 0 unspecified atom stereocenters. The zero-order chi connectivity index (χ0) is 22.6. The van der Waals surface area contributed by atoms with Gasteiger partial charge in [-0.25, -0.2) is 9.97 Å². The zero-order valence-electron chi connectivity index (χ0n) is 18.5. The smallest absolute Gasteiger partial charge is 0.225 e. The molecule has 0 saturated heterocycles. The number of anilines is 3. The molecule has 0 atom stereocenters. The van der Waals surface area contributed by atoms with E-state index in [9.17, 15) is 5.11 Å². The lowest BCUT2D eigenvalue weighted by molar-refractivity contribution is 0.126. The highest BCUT2D eigenvalue weighted by atomic mass is 32.1. The van der Waals surface area contributed by atoms with Gasteiger partial charge in [-0.3, -0.25) is 0 Å². The van der Waals surface area contributed by atoms with Crippen molar-refractivity contribution < 1.29 is 9.84 Å². The highest BCUT2D eigenvalue weighted by molar-refractivity contribution is 7.22. The Bertz CT molecular complexity index is 1220. The number of aromatic nitrogens is 3. The third kappa shape index (κ3) is 5.40. The van der Waals surface area contributed by atoms with Crippen molar-refractivity contribution in [2.75, 3.05) is 17.7 Å². The lowest BCUT2D eigenvalue weighted by atomic mass is 9.93. The van der Waals surface area contributed by atoms with E-state index in [0.717, 1.165) is 52.5 Å². The van der Waals surface area contributed by atoms with E-state index in [4.69, 9.17) is 19.7 Å². The Balaban J connectivity index is 1.41. The first kappa shape index (κ1) is 21.6. The summed E-state index contributed by atoms with van der Waals surface area (Å²) in [6.07, 6.45) is 3.96. The number of ether oxygens (including phenoxy) is 1. The van der Waals surface area contributed by atoms with Gasteiger partial charge in [0.1, 0.15) is 11.6 Å². The van der Waals surface area contributed by atoms with Crippen molar-refractivity contribution in [3.05, 3.63) is 65.9 Å². The Morgan fingerprint density at radius 1 is 1.00 bits per heavy atom. The van der Waals surface area contributed by atoms with E-state index in [1.165, 1.54) is 5.56 Å². The minimum Gasteiger partial charge on any atom is -0.497 e. The van der Waals surface area contributed by atoms with Gasteiger partial charge >= 0.3 is 0 Å². The summed E-state index contributed by atoms with van der Waals surface area (Å²) in [6.45, 7) is 0. The van der Waals surface area contributed by atoms with Crippen LogP contribution in [-0.2, 0) is 6.42 Å². The van der Waals surface area contributed by atoms with E-state index in [1.807, 2.05) is 42.5 Å². The topological polar surface area (TPSA) is 92.2 Å². The number of aliphatic hydroxyl groups excluding tert-OH is 1. The fourth-order valence-corrected chi connectivity index (χ4v) is 5.02. The van der Waals surface area contributed by atoms with Gasteiger partial charge in [0.15, 0.2) is 5.13 Å². The second-order valence-electron chi connectivity index (χ2n) is 8.36. The SMILES string of the molecule is COc1ccc2nc(Nc3cc(Cc4ccccc4)nc(NC4CCC(O)CC4)n3)sc2c1. The van der Waals surface area contributed by atoms with Gasteiger partial charge in [-0.1, -0.05) is 41.7 Å². The minimum absolute atomic E-state index is 0.191. The molecule has 2 aromatic carbocycles. The van der Waals surface area contributed by atoms with Crippen LogP contribution in [0, 0.1) is 0 Å². The van der Waals surface area contributed by atoms with E-state index in [0.29, 0.717) is 18.2 Å². The van der Waals surface area contributed by atoms with Crippen molar-refractivity contribution >= 4 is 38.5 Å². The molecule has 1 aliphatic rings. The van der Waals surface area contributed by atoms with Crippen LogP contribution in [0.15, 0.2) is 54.6 Å². The maximum Gasteiger partial charge on any atom is 0.225 e. The Hall–Kier alpha value is -3.23. The van der Waals surface area contributed by atoms with Gasteiger partial charge in [-0.15, -0.1) is 0 Å². The molecule has 1 saturated carbocycles. The molecule has 170 valence electrons. The average molecular weight is 462 g/mol. The highest BCUT2D eigenvalue weighted by Crippen LogP contribution is 2.31. The molecule has 0 amide bonds. The van der Waals surface area contributed by atoms with Crippen molar-refractivity contribution in [3.63, 3.8) is 0 Å². The van der Waals surface area contributed by atoms with Gasteiger partial charge in [0.2, 0.25) is 5.95 Å². The van der Waals surface area contributed by atoms with Crippen molar-refractivity contribution in [3.8, 4) is 5.75 Å². The summed E-state index contributed by atoms with van der Waals surface area (Å²) in [5, 5.41) is 17.5. The van der Waals surface area contributed by atoms with E-state index in [-0.39, 0.29) is 12.1 Å². The molecule has 0 radical (unpaired) electrons. The molecule has 33 heavy (non-hydrogen) atoms. The van der Waals surface area contributed by atoms with E-state index < -0.39 is 0 Å². The Labute approximate surface area is 196 Å². The number of hydrogen-bond donors (Lipinski definition) is 3. The quantitative estimate of drug-likeness (QED) is 0.351. The molecule has 0 spiro atoms. The maximum absolute atomic E-state index is 9.82. The lowest BCUT2D eigenvalue weighted by Gasteiger charge is -2.26. The third-order valence-electron chi connectivity index (χ3n) is 5.87. The minimum atomic E-state index is -0.191. The van der Waals surface area contributed by atoms with Gasteiger partial charge in [-0.2, -0.15) is 4.98 Å². The molecule has 4 aromatic rings. The zero-order valence-corrected chi connectivity index (χ0v) is 19.3.